The molecule has 1 aromatic carbocycles. The highest BCUT2D eigenvalue weighted by Crippen LogP contribution is 2.15. The third-order valence-electron chi connectivity index (χ3n) is 2.67. The van der Waals surface area contributed by atoms with Crippen LogP contribution in [0.25, 0.3) is 0 Å². The quantitative estimate of drug-likeness (QED) is 0.569. The van der Waals surface area contributed by atoms with E-state index in [0.29, 0.717) is 16.8 Å². The van der Waals surface area contributed by atoms with Gasteiger partial charge in [0.15, 0.2) is 5.60 Å². The fourth-order valence-corrected chi connectivity index (χ4v) is 1.32. The predicted molar refractivity (Wildman–Crippen MR) is 66.2 cm³/mol. The highest BCUT2D eigenvalue weighted by Gasteiger charge is 2.30. The number of rotatable bonds is 4. The Kier molecular flexibility index (Phi) is 3.93. The van der Waals surface area contributed by atoms with E-state index in [-0.39, 0.29) is 6.54 Å². The zero-order chi connectivity index (χ0) is 13.9. The first kappa shape index (κ1) is 14.0. The highest BCUT2D eigenvalue weighted by atomic mass is 16.4. The summed E-state index contributed by atoms with van der Waals surface area (Å²) in [6.45, 7) is 2.43. The van der Waals surface area contributed by atoms with Crippen LogP contribution in [0.3, 0.4) is 0 Å². The second-order valence-corrected chi connectivity index (χ2v) is 4.28. The van der Waals surface area contributed by atoms with Crippen molar-refractivity contribution in [2.45, 2.75) is 19.4 Å². The Morgan fingerprint density at radius 3 is 2.61 bits per heavy atom. The first-order chi connectivity index (χ1) is 8.25. The van der Waals surface area contributed by atoms with Gasteiger partial charge in [-0.1, -0.05) is 6.07 Å². The summed E-state index contributed by atoms with van der Waals surface area (Å²) in [6, 6.07) is 4.88. The number of aliphatic hydroxyl groups is 1. The van der Waals surface area contributed by atoms with E-state index in [9.17, 15) is 14.7 Å². The summed E-state index contributed by atoms with van der Waals surface area (Å²) in [4.78, 5) is 22.5. The van der Waals surface area contributed by atoms with Gasteiger partial charge in [-0.15, -0.1) is 0 Å². The Labute approximate surface area is 104 Å². The lowest BCUT2D eigenvalue weighted by molar-refractivity contribution is -0.155. The van der Waals surface area contributed by atoms with Gasteiger partial charge in [0.25, 0.3) is 5.91 Å². The predicted octanol–water partition coefficient (Wildman–Crippen LogP) is 0.143. The third kappa shape index (κ3) is 2.98. The number of carbonyl (C=O) groups is 2. The SMILES string of the molecule is Cc1c(N)cccc1C(=O)NCC(C)(O)C(=O)O. The van der Waals surface area contributed by atoms with Gasteiger partial charge in [-0.05, 0) is 31.5 Å². The van der Waals surface area contributed by atoms with Crippen molar-refractivity contribution in [3.8, 4) is 0 Å². The number of hydrogen-bond acceptors (Lipinski definition) is 4. The minimum atomic E-state index is -2.00. The molecule has 0 aromatic heterocycles. The molecule has 18 heavy (non-hydrogen) atoms. The molecule has 1 rings (SSSR count). The molecule has 0 spiro atoms. The van der Waals surface area contributed by atoms with Crippen LogP contribution < -0.4 is 11.1 Å². The molecule has 0 fully saturated rings. The van der Waals surface area contributed by atoms with Crippen molar-refractivity contribution in [2.24, 2.45) is 0 Å². The first-order valence-electron chi connectivity index (χ1n) is 5.35. The minimum absolute atomic E-state index is 0.358. The monoisotopic (exact) mass is 252 g/mol. The normalized spacial score (nSPS) is 13.7. The fraction of sp³-hybridized carbons (Fsp3) is 0.333. The van der Waals surface area contributed by atoms with Gasteiger partial charge < -0.3 is 21.3 Å². The van der Waals surface area contributed by atoms with Crippen molar-refractivity contribution in [1.82, 2.24) is 5.32 Å². The van der Waals surface area contributed by atoms with E-state index in [2.05, 4.69) is 5.32 Å². The van der Waals surface area contributed by atoms with Gasteiger partial charge in [-0.3, -0.25) is 4.79 Å². The minimum Gasteiger partial charge on any atom is -0.479 e. The van der Waals surface area contributed by atoms with Gasteiger partial charge in [0, 0.05) is 11.3 Å². The molecule has 0 aliphatic rings. The number of nitrogens with one attached hydrogen (secondary N) is 1. The van der Waals surface area contributed by atoms with Gasteiger partial charge in [-0.2, -0.15) is 0 Å². The standard InChI is InChI=1S/C12H16N2O4/c1-7-8(4-3-5-9(7)13)10(15)14-6-12(2,18)11(16)17/h3-5,18H,6,13H2,1-2H3,(H,14,15)(H,16,17). The second-order valence-electron chi connectivity index (χ2n) is 4.28. The van der Waals surface area contributed by atoms with Crippen LogP contribution in [-0.2, 0) is 4.79 Å². The van der Waals surface area contributed by atoms with E-state index < -0.39 is 17.5 Å². The largest absolute Gasteiger partial charge is 0.479 e. The number of amides is 1. The summed E-state index contributed by atoms with van der Waals surface area (Å²) in [6.07, 6.45) is 0. The maximum Gasteiger partial charge on any atom is 0.337 e. The van der Waals surface area contributed by atoms with Gasteiger partial charge in [0.05, 0.1) is 6.54 Å². The van der Waals surface area contributed by atoms with Crippen molar-refractivity contribution < 1.29 is 19.8 Å². The van der Waals surface area contributed by atoms with E-state index in [4.69, 9.17) is 10.8 Å². The van der Waals surface area contributed by atoms with Crippen molar-refractivity contribution in [1.29, 1.82) is 0 Å². The first-order valence-corrected chi connectivity index (χ1v) is 5.35. The number of hydrogen-bond donors (Lipinski definition) is 4. The van der Waals surface area contributed by atoms with Crippen LogP contribution in [0.2, 0.25) is 0 Å². The summed E-state index contributed by atoms with van der Waals surface area (Å²) in [5, 5.41) is 20.5. The fourth-order valence-electron chi connectivity index (χ4n) is 1.32. The van der Waals surface area contributed by atoms with Crippen LogP contribution in [0, 0.1) is 6.92 Å². The molecule has 0 bridgehead atoms. The Hall–Kier alpha value is -2.08. The van der Waals surface area contributed by atoms with Crippen molar-refractivity contribution in [3.05, 3.63) is 29.3 Å². The molecule has 1 unspecified atom stereocenters. The van der Waals surface area contributed by atoms with Crippen LogP contribution >= 0.6 is 0 Å². The number of carbonyl (C=O) groups excluding carboxylic acids is 1. The zero-order valence-corrected chi connectivity index (χ0v) is 10.2. The van der Waals surface area contributed by atoms with Crippen molar-refractivity contribution >= 4 is 17.6 Å². The average molecular weight is 252 g/mol. The number of anilines is 1. The van der Waals surface area contributed by atoms with E-state index >= 15 is 0 Å². The topological polar surface area (TPSA) is 113 Å². The molecular weight excluding hydrogens is 236 g/mol. The molecule has 6 nitrogen and oxygen atoms in total. The Bertz CT molecular complexity index is 483. The van der Waals surface area contributed by atoms with Crippen LogP contribution in [-0.4, -0.2) is 34.2 Å². The molecule has 0 radical (unpaired) electrons. The van der Waals surface area contributed by atoms with Crippen LogP contribution in [0.15, 0.2) is 18.2 Å². The second kappa shape index (κ2) is 5.05. The van der Waals surface area contributed by atoms with E-state index in [1.54, 1.807) is 25.1 Å². The maximum atomic E-state index is 11.8. The lowest BCUT2D eigenvalue weighted by atomic mass is 10.0. The number of nitrogen functional groups attached to an aromatic ring is 1. The third-order valence-corrected chi connectivity index (χ3v) is 2.67. The van der Waals surface area contributed by atoms with Gasteiger partial charge in [0.1, 0.15) is 0 Å². The molecular formula is C12H16N2O4. The molecule has 0 aliphatic carbocycles. The highest BCUT2D eigenvalue weighted by molar-refractivity contribution is 5.97. The summed E-state index contributed by atoms with van der Waals surface area (Å²) in [5.41, 5.74) is 5.12. The molecule has 0 heterocycles. The summed E-state index contributed by atoms with van der Waals surface area (Å²) in [5.74, 6) is -1.87. The lowest BCUT2D eigenvalue weighted by Crippen LogP contribution is -2.46. The van der Waals surface area contributed by atoms with Gasteiger partial charge in [0.2, 0.25) is 0 Å². The van der Waals surface area contributed by atoms with Crippen molar-refractivity contribution in [3.63, 3.8) is 0 Å². The Balaban J connectivity index is 2.78. The van der Waals surface area contributed by atoms with E-state index in [0.717, 1.165) is 6.92 Å². The van der Waals surface area contributed by atoms with Gasteiger partial charge in [-0.25, -0.2) is 4.79 Å². The maximum absolute atomic E-state index is 11.8. The number of aliphatic carboxylic acids is 1. The number of benzene rings is 1. The molecule has 1 amide bonds. The molecule has 0 aliphatic heterocycles. The van der Waals surface area contributed by atoms with Crippen LogP contribution in [0.1, 0.15) is 22.8 Å². The summed E-state index contributed by atoms with van der Waals surface area (Å²) < 4.78 is 0. The summed E-state index contributed by atoms with van der Waals surface area (Å²) >= 11 is 0. The van der Waals surface area contributed by atoms with Gasteiger partial charge >= 0.3 is 5.97 Å². The summed E-state index contributed by atoms with van der Waals surface area (Å²) in [7, 11) is 0. The van der Waals surface area contributed by atoms with Crippen LogP contribution in [0.4, 0.5) is 5.69 Å². The molecule has 6 heteroatoms. The molecule has 0 saturated heterocycles. The molecule has 98 valence electrons. The van der Waals surface area contributed by atoms with E-state index in [1.165, 1.54) is 0 Å². The number of carboxylic acids is 1. The van der Waals surface area contributed by atoms with Crippen molar-refractivity contribution in [2.75, 3.05) is 12.3 Å². The molecule has 1 atom stereocenters. The van der Waals surface area contributed by atoms with Crippen LogP contribution in [0.5, 0.6) is 0 Å². The zero-order valence-electron chi connectivity index (χ0n) is 10.2. The lowest BCUT2D eigenvalue weighted by Gasteiger charge is -2.18. The molecule has 5 N–H and O–H groups in total. The molecule has 1 aromatic rings. The number of nitrogens with two attached hydrogens (primary N) is 1. The molecule has 0 saturated carbocycles. The average Bonchev–Trinajstić information content (AvgIpc) is 2.29. The smallest absolute Gasteiger partial charge is 0.337 e. The Morgan fingerprint density at radius 2 is 2.06 bits per heavy atom. The number of carboxylic acid groups (broad SMARTS) is 1. The van der Waals surface area contributed by atoms with E-state index in [1.807, 2.05) is 0 Å². The Morgan fingerprint density at radius 1 is 1.44 bits per heavy atom.